The molecule has 0 spiro atoms. The van der Waals surface area contributed by atoms with Crippen molar-refractivity contribution in [2.24, 2.45) is 11.8 Å². The number of amides is 1. The van der Waals surface area contributed by atoms with Crippen molar-refractivity contribution in [2.45, 2.75) is 19.8 Å². The van der Waals surface area contributed by atoms with Gasteiger partial charge in [0.05, 0.1) is 5.92 Å². The van der Waals surface area contributed by atoms with E-state index in [1.165, 1.54) is 0 Å². The molecule has 1 aliphatic rings. The number of hydrogen-bond donors (Lipinski definition) is 2. The Morgan fingerprint density at radius 3 is 2.74 bits per heavy atom. The topological polar surface area (TPSA) is 41.1 Å². The number of halogens is 1. The quantitative estimate of drug-likeness (QED) is 0.870. The summed E-state index contributed by atoms with van der Waals surface area (Å²) in [5.74, 6) is 0.796. The molecule has 1 aromatic carbocycles. The van der Waals surface area contributed by atoms with Crippen molar-refractivity contribution in [3.63, 3.8) is 0 Å². The molecule has 1 atom stereocenters. The Bertz CT molecular complexity index is 444. The molecule has 4 heteroatoms. The van der Waals surface area contributed by atoms with E-state index in [1.54, 1.807) is 0 Å². The SMILES string of the molecule is CC(C)C(C(=O)NCC1CNC1)c1cccc(Cl)c1. The van der Waals surface area contributed by atoms with Gasteiger partial charge in [-0.3, -0.25) is 4.79 Å². The van der Waals surface area contributed by atoms with E-state index in [2.05, 4.69) is 24.5 Å². The molecule has 0 saturated carbocycles. The molecule has 0 aromatic heterocycles. The molecule has 3 nitrogen and oxygen atoms in total. The lowest BCUT2D eigenvalue weighted by Gasteiger charge is -2.28. The Hall–Kier alpha value is -1.06. The van der Waals surface area contributed by atoms with E-state index in [9.17, 15) is 4.79 Å². The van der Waals surface area contributed by atoms with E-state index in [4.69, 9.17) is 11.6 Å². The largest absolute Gasteiger partial charge is 0.355 e. The monoisotopic (exact) mass is 280 g/mol. The minimum absolute atomic E-state index is 0.101. The molecule has 1 aliphatic heterocycles. The van der Waals surface area contributed by atoms with Gasteiger partial charge in [0.2, 0.25) is 5.91 Å². The summed E-state index contributed by atoms with van der Waals surface area (Å²) < 4.78 is 0. The third-order valence-corrected chi connectivity index (χ3v) is 3.82. The Kier molecular flexibility index (Phi) is 4.83. The molecule has 1 unspecified atom stereocenters. The zero-order valence-corrected chi connectivity index (χ0v) is 12.2. The van der Waals surface area contributed by atoms with E-state index in [-0.39, 0.29) is 17.7 Å². The van der Waals surface area contributed by atoms with Crippen LogP contribution in [0.5, 0.6) is 0 Å². The predicted molar refractivity (Wildman–Crippen MR) is 78.4 cm³/mol. The van der Waals surface area contributed by atoms with Crippen LogP contribution >= 0.6 is 11.6 Å². The molecule has 104 valence electrons. The highest BCUT2D eigenvalue weighted by Gasteiger charge is 2.25. The van der Waals surface area contributed by atoms with Crippen LogP contribution in [0.1, 0.15) is 25.3 Å². The van der Waals surface area contributed by atoms with E-state index in [1.807, 2.05) is 24.3 Å². The smallest absolute Gasteiger partial charge is 0.227 e. The van der Waals surface area contributed by atoms with Crippen LogP contribution in [0.2, 0.25) is 5.02 Å². The van der Waals surface area contributed by atoms with Crippen molar-refractivity contribution in [1.82, 2.24) is 10.6 Å². The lowest BCUT2D eigenvalue weighted by atomic mass is 9.87. The molecule has 1 amide bonds. The maximum atomic E-state index is 12.4. The van der Waals surface area contributed by atoms with Gasteiger partial charge in [-0.25, -0.2) is 0 Å². The highest BCUT2D eigenvalue weighted by molar-refractivity contribution is 6.30. The number of hydrogen-bond acceptors (Lipinski definition) is 2. The molecule has 1 heterocycles. The van der Waals surface area contributed by atoms with Crippen LogP contribution in [0.25, 0.3) is 0 Å². The first-order valence-electron chi connectivity index (χ1n) is 6.82. The zero-order valence-electron chi connectivity index (χ0n) is 11.4. The van der Waals surface area contributed by atoms with Crippen LogP contribution in [-0.2, 0) is 4.79 Å². The third-order valence-electron chi connectivity index (χ3n) is 3.59. The van der Waals surface area contributed by atoms with Crippen molar-refractivity contribution in [3.8, 4) is 0 Å². The van der Waals surface area contributed by atoms with Gasteiger partial charge in [-0.2, -0.15) is 0 Å². The van der Waals surface area contributed by atoms with Gasteiger partial charge in [0.15, 0.2) is 0 Å². The second-order valence-electron chi connectivity index (χ2n) is 5.55. The average Bonchev–Trinajstić information content (AvgIpc) is 2.26. The third kappa shape index (κ3) is 3.71. The van der Waals surface area contributed by atoms with E-state index >= 15 is 0 Å². The van der Waals surface area contributed by atoms with Crippen molar-refractivity contribution in [1.29, 1.82) is 0 Å². The fourth-order valence-electron chi connectivity index (χ4n) is 2.39. The van der Waals surface area contributed by atoms with E-state index < -0.39 is 0 Å². The predicted octanol–water partition coefficient (Wildman–Crippen LogP) is 2.42. The van der Waals surface area contributed by atoms with Crippen LogP contribution in [0, 0.1) is 11.8 Å². The average molecular weight is 281 g/mol. The number of carbonyl (C=O) groups excluding carboxylic acids is 1. The lowest BCUT2D eigenvalue weighted by molar-refractivity contribution is -0.123. The zero-order chi connectivity index (χ0) is 13.8. The van der Waals surface area contributed by atoms with Crippen molar-refractivity contribution >= 4 is 17.5 Å². The summed E-state index contributed by atoms with van der Waals surface area (Å²) in [5, 5.41) is 6.95. The molecule has 19 heavy (non-hydrogen) atoms. The summed E-state index contributed by atoms with van der Waals surface area (Å²) in [6, 6.07) is 7.59. The molecule has 2 N–H and O–H groups in total. The number of nitrogens with one attached hydrogen (secondary N) is 2. The van der Waals surface area contributed by atoms with Crippen molar-refractivity contribution in [3.05, 3.63) is 34.9 Å². The first-order chi connectivity index (χ1) is 9.08. The molecular weight excluding hydrogens is 260 g/mol. The summed E-state index contributed by atoms with van der Waals surface area (Å²) >= 11 is 6.02. The minimum Gasteiger partial charge on any atom is -0.355 e. The summed E-state index contributed by atoms with van der Waals surface area (Å²) in [5.41, 5.74) is 0.992. The summed E-state index contributed by atoms with van der Waals surface area (Å²) in [4.78, 5) is 12.4. The second kappa shape index (κ2) is 6.40. The van der Waals surface area contributed by atoms with Crippen LogP contribution < -0.4 is 10.6 Å². The molecule has 0 radical (unpaired) electrons. The van der Waals surface area contributed by atoms with Crippen LogP contribution in [0.4, 0.5) is 0 Å². The van der Waals surface area contributed by atoms with Gasteiger partial charge < -0.3 is 10.6 Å². The fourth-order valence-corrected chi connectivity index (χ4v) is 2.59. The lowest BCUT2D eigenvalue weighted by Crippen LogP contribution is -2.49. The minimum atomic E-state index is -0.133. The highest BCUT2D eigenvalue weighted by Crippen LogP contribution is 2.26. The van der Waals surface area contributed by atoms with Crippen molar-refractivity contribution < 1.29 is 4.79 Å². The summed E-state index contributed by atoms with van der Waals surface area (Å²) in [7, 11) is 0. The van der Waals surface area contributed by atoms with Crippen molar-refractivity contribution in [2.75, 3.05) is 19.6 Å². The van der Waals surface area contributed by atoms with Gasteiger partial charge in [0.25, 0.3) is 0 Å². The Morgan fingerprint density at radius 2 is 2.21 bits per heavy atom. The molecule has 2 rings (SSSR count). The number of benzene rings is 1. The number of carbonyl (C=O) groups is 1. The highest BCUT2D eigenvalue weighted by atomic mass is 35.5. The Balaban J connectivity index is 2.03. The van der Waals surface area contributed by atoms with Gasteiger partial charge in [-0.15, -0.1) is 0 Å². The maximum absolute atomic E-state index is 12.4. The summed E-state index contributed by atoms with van der Waals surface area (Å²) in [6.45, 7) is 6.90. The van der Waals surface area contributed by atoms with Gasteiger partial charge >= 0.3 is 0 Å². The Labute approximate surface area is 119 Å². The van der Waals surface area contributed by atoms with Gasteiger partial charge in [0, 0.05) is 30.6 Å². The fraction of sp³-hybridized carbons (Fsp3) is 0.533. The number of rotatable bonds is 5. The van der Waals surface area contributed by atoms with E-state index in [0.29, 0.717) is 10.9 Å². The first kappa shape index (κ1) is 14.4. The van der Waals surface area contributed by atoms with Crippen LogP contribution in [0.3, 0.4) is 0 Å². The molecule has 0 aliphatic carbocycles. The van der Waals surface area contributed by atoms with Gasteiger partial charge in [-0.05, 0) is 23.6 Å². The molecule has 0 bridgehead atoms. The maximum Gasteiger partial charge on any atom is 0.227 e. The normalized spacial score (nSPS) is 17.1. The molecule has 1 fully saturated rings. The molecule has 1 saturated heterocycles. The second-order valence-corrected chi connectivity index (χ2v) is 5.98. The van der Waals surface area contributed by atoms with E-state index in [0.717, 1.165) is 25.2 Å². The Morgan fingerprint density at radius 1 is 1.47 bits per heavy atom. The van der Waals surface area contributed by atoms with Crippen LogP contribution in [0.15, 0.2) is 24.3 Å². The molecule has 1 aromatic rings. The standard InChI is InChI=1S/C15H21ClN2O/c1-10(2)14(12-4-3-5-13(16)6-12)15(19)18-9-11-7-17-8-11/h3-6,10-11,14,17H,7-9H2,1-2H3,(H,18,19). The van der Waals surface area contributed by atoms with Crippen LogP contribution in [-0.4, -0.2) is 25.5 Å². The van der Waals surface area contributed by atoms with Gasteiger partial charge in [0.1, 0.15) is 0 Å². The molecular formula is C15H21ClN2O. The van der Waals surface area contributed by atoms with Gasteiger partial charge in [-0.1, -0.05) is 37.6 Å². The summed E-state index contributed by atoms with van der Waals surface area (Å²) in [6.07, 6.45) is 0. The first-order valence-corrected chi connectivity index (χ1v) is 7.19.